The Kier molecular flexibility index (Phi) is 3.93. The van der Waals surface area contributed by atoms with Crippen LogP contribution in [0.3, 0.4) is 0 Å². The van der Waals surface area contributed by atoms with E-state index in [1.807, 2.05) is 18.2 Å². The predicted molar refractivity (Wildman–Crippen MR) is 80.4 cm³/mol. The van der Waals surface area contributed by atoms with Gasteiger partial charge in [0.05, 0.1) is 0 Å². The largest absolute Gasteiger partial charge is 0.295 e. The van der Waals surface area contributed by atoms with Crippen LogP contribution in [-0.4, -0.2) is 18.0 Å². The van der Waals surface area contributed by atoms with E-state index < -0.39 is 0 Å². The summed E-state index contributed by atoms with van der Waals surface area (Å²) in [6.07, 6.45) is 4.42. The van der Waals surface area contributed by atoms with Crippen molar-refractivity contribution in [1.29, 1.82) is 0 Å². The minimum atomic E-state index is -0.184. The third-order valence-electron chi connectivity index (χ3n) is 3.57. The molecule has 0 atom stereocenters. The molecular formula is C18H17FN. The first-order valence-corrected chi connectivity index (χ1v) is 6.87. The summed E-state index contributed by atoms with van der Waals surface area (Å²) >= 11 is 0. The summed E-state index contributed by atoms with van der Waals surface area (Å²) in [5, 5.41) is 0. The lowest BCUT2D eigenvalue weighted by Gasteiger charge is -2.26. The molecule has 0 aromatic heterocycles. The molecule has 3 rings (SSSR count). The minimum absolute atomic E-state index is 0.184. The Labute approximate surface area is 119 Å². The summed E-state index contributed by atoms with van der Waals surface area (Å²) in [5.74, 6) is -0.184. The third kappa shape index (κ3) is 3.14. The fraction of sp³-hybridized carbons (Fsp3) is 0.167. The molecule has 1 aliphatic rings. The lowest BCUT2D eigenvalue weighted by molar-refractivity contribution is 0.315. The molecule has 0 bridgehead atoms. The smallest absolute Gasteiger partial charge is 0.123 e. The van der Waals surface area contributed by atoms with E-state index >= 15 is 0 Å². The molecule has 0 N–H and O–H groups in total. The number of benzene rings is 2. The number of nitrogens with zero attached hydrogens (tertiary/aromatic N) is 1. The maximum atomic E-state index is 12.9. The van der Waals surface area contributed by atoms with Crippen molar-refractivity contribution in [2.24, 2.45) is 0 Å². The molecule has 1 nitrogen and oxygen atoms in total. The number of hydrogen-bond acceptors (Lipinski definition) is 1. The van der Waals surface area contributed by atoms with Crippen molar-refractivity contribution >= 4 is 5.57 Å². The first-order valence-electron chi connectivity index (χ1n) is 6.87. The highest BCUT2D eigenvalue weighted by Crippen LogP contribution is 2.22. The molecule has 101 valence electrons. The minimum Gasteiger partial charge on any atom is -0.295 e. The fourth-order valence-corrected chi connectivity index (χ4v) is 2.46. The monoisotopic (exact) mass is 266 g/mol. The van der Waals surface area contributed by atoms with Gasteiger partial charge in [0.25, 0.3) is 0 Å². The maximum Gasteiger partial charge on any atom is 0.123 e. The lowest BCUT2D eigenvalue weighted by atomic mass is 9.99. The Balaban J connectivity index is 1.64. The van der Waals surface area contributed by atoms with Crippen molar-refractivity contribution in [3.8, 4) is 0 Å². The molecule has 20 heavy (non-hydrogen) atoms. The Morgan fingerprint density at radius 1 is 0.900 bits per heavy atom. The highest BCUT2D eigenvalue weighted by Gasteiger charge is 2.13. The van der Waals surface area contributed by atoms with Gasteiger partial charge < -0.3 is 0 Å². The van der Waals surface area contributed by atoms with Crippen molar-refractivity contribution in [2.75, 3.05) is 13.1 Å². The van der Waals surface area contributed by atoms with Gasteiger partial charge >= 0.3 is 0 Å². The predicted octanol–water partition coefficient (Wildman–Crippen LogP) is 3.93. The van der Waals surface area contributed by atoms with E-state index in [1.165, 1.54) is 23.3 Å². The van der Waals surface area contributed by atoms with E-state index in [9.17, 15) is 4.39 Å². The van der Waals surface area contributed by atoms with Gasteiger partial charge in [-0.1, -0.05) is 48.5 Å². The molecule has 0 spiro atoms. The Bertz CT molecular complexity index is 587. The third-order valence-corrected chi connectivity index (χ3v) is 3.57. The summed E-state index contributed by atoms with van der Waals surface area (Å²) in [6.45, 7) is 2.82. The summed E-state index contributed by atoms with van der Waals surface area (Å²) < 4.78 is 12.9. The van der Waals surface area contributed by atoms with Crippen LogP contribution in [0.2, 0.25) is 0 Å². The molecule has 0 saturated heterocycles. The van der Waals surface area contributed by atoms with Crippen LogP contribution < -0.4 is 0 Å². The second-order valence-electron chi connectivity index (χ2n) is 5.05. The zero-order chi connectivity index (χ0) is 13.8. The van der Waals surface area contributed by atoms with Gasteiger partial charge in [-0.15, -0.1) is 0 Å². The van der Waals surface area contributed by atoms with Crippen LogP contribution in [0.25, 0.3) is 5.57 Å². The van der Waals surface area contributed by atoms with Gasteiger partial charge in [0, 0.05) is 26.1 Å². The Morgan fingerprint density at radius 2 is 1.65 bits per heavy atom. The topological polar surface area (TPSA) is 3.24 Å². The van der Waals surface area contributed by atoms with E-state index in [1.54, 1.807) is 0 Å². The molecule has 0 unspecified atom stereocenters. The fourth-order valence-electron chi connectivity index (χ4n) is 2.46. The van der Waals surface area contributed by atoms with Crippen LogP contribution in [0, 0.1) is 12.2 Å². The normalized spacial score (nSPS) is 15.9. The zero-order valence-electron chi connectivity index (χ0n) is 11.3. The summed E-state index contributed by atoms with van der Waals surface area (Å²) in [5.41, 5.74) is 3.62. The quantitative estimate of drug-likeness (QED) is 0.813. The average Bonchev–Trinajstić information content (AvgIpc) is 2.50. The molecule has 2 aromatic rings. The van der Waals surface area contributed by atoms with Crippen LogP contribution in [-0.2, 0) is 6.54 Å². The highest BCUT2D eigenvalue weighted by molar-refractivity contribution is 5.72. The van der Waals surface area contributed by atoms with Gasteiger partial charge in [0.1, 0.15) is 5.82 Å². The number of hydrogen-bond donors (Lipinski definition) is 0. The van der Waals surface area contributed by atoms with Crippen LogP contribution in [0.1, 0.15) is 11.1 Å². The molecule has 0 fully saturated rings. The molecule has 2 heteroatoms. The number of rotatable bonds is 3. The molecule has 0 aliphatic carbocycles. The number of halogens is 1. The second-order valence-corrected chi connectivity index (χ2v) is 5.05. The first-order chi connectivity index (χ1) is 9.81. The van der Waals surface area contributed by atoms with E-state index in [4.69, 9.17) is 0 Å². The van der Waals surface area contributed by atoms with Crippen molar-refractivity contribution in [1.82, 2.24) is 4.90 Å². The van der Waals surface area contributed by atoms with E-state index in [-0.39, 0.29) is 5.82 Å². The van der Waals surface area contributed by atoms with Crippen molar-refractivity contribution in [3.63, 3.8) is 0 Å². The highest BCUT2D eigenvalue weighted by atomic mass is 19.1. The van der Waals surface area contributed by atoms with E-state index in [0.29, 0.717) is 0 Å². The second kappa shape index (κ2) is 6.02. The van der Waals surface area contributed by atoms with Crippen molar-refractivity contribution < 1.29 is 4.39 Å². The van der Waals surface area contributed by atoms with Crippen LogP contribution in [0.15, 0.2) is 60.7 Å². The van der Waals surface area contributed by atoms with Crippen LogP contribution >= 0.6 is 0 Å². The van der Waals surface area contributed by atoms with Gasteiger partial charge in [-0.05, 0) is 28.8 Å². The Morgan fingerprint density at radius 3 is 2.30 bits per heavy atom. The first kappa shape index (κ1) is 13.1. The maximum absolute atomic E-state index is 12.9. The van der Waals surface area contributed by atoms with Gasteiger partial charge in [0.15, 0.2) is 0 Å². The van der Waals surface area contributed by atoms with Crippen molar-refractivity contribution in [3.05, 3.63) is 84.0 Å². The summed E-state index contributed by atoms with van der Waals surface area (Å²) in [4.78, 5) is 2.38. The van der Waals surface area contributed by atoms with Gasteiger partial charge in [-0.3, -0.25) is 4.90 Å². The Hall–Kier alpha value is -1.93. The molecule has 0 saturated carbocycles. The molecule has 2 aromatic carbocycles. The lowest BCUT2D eigenvalue weighted by Crippen LogP contribution is -2.28. The van der Waals surface area contributed by atoms with Crippen LogP contribution in [0.4, 0.5) is 4.39 Å². The van der Waals surface area contributed by atoms with E-state index in [2.05, 4.69) is 41.7 Å². The molecule has 0 amide bonds. The van der Waals surface area contributed by atoms with Gasteiger partial charge in [0.2, 0.25) is 0 Å². The molecule has 1 aliphatic heterocycles. The summed E-state index contributed by atoms with van der Waals surface area (Å²) in [7, 11) is 0. The summed E-state index contributed by atoms with van der Waals surface area (Å²) in [6, 6.07) is 17.2. The SMILES string of the molecule is Fc1ccc(C2=CCN(Cc3ccccc3)C[CH]2)cc1. The van der Waals surface area contributed by atoms with Gasteiger partial charge in [-0.25, -0.2) is 4.39 Å². The van der Waals surface area contributed by atoms with Crippen LogP contribution in [0.5, 0.6) is 0 Å². The zero-order valence-corrected chi connectivity index (χ0v) is 11.3. The standard InChI is InChI=1S/C18H17FN/c19-18-8-6-16(7-9-18)17-10-12-20(13-11-17)14-15-4-2-1-3-5-15/h1-11H,12-14H2. The van der Waals surface area contributed by atoms with Gasteiger partial charge in [-0.2, -0.15) is 0 Å². The van der Waals surface area contributed by atoms with Crippen molar-refractivity contribution in [2.45, 2.75) is 6.54 Å². The van der Waals surface area contributed by atoms with E-state index in [0.717, 1.165) is 25.2 Å². The average molecular weight is 266 g/mol. The molecule has 1 radical (unpaired) electrons. The molecular weight excluding hydrogens is 249 g/mol. The molecule has 1 heterocycles.